The molecule has 1 aromatic heterocycles. The van der Waals surface area contributed by atoms with Crippen molar-refractivity contribution in [1.29, 1.82) is 0 Å². The van der Waals surface area contributed by atoms with E-state index in [1.165, 1.54) is 12.1 Å². The van der Waals surface area contributed by atoms with E-state index in [4.69, 9.17) is 5.14 Å². The molecule has 1 unspecified atom stereocenters. The lowest BCUT2D eigenvalue weighted by atomic mass is 10.0. The number of hydrogen-bond acceptors (Lipinski definition) is 4. The van der Waals surface area contributed by atoms with Crippen molar-refractivity contribution in [2.45, 2.75) is 30.5 Å². The minimum Gasteiger partial charge on any atom is -0.366 e. The fourth-order valence-electron chi connectivity index (χ4n) is 2.87. The largest absolute Gasteiger partial charge is 0.417 e. The van der Waals surface area contributed by atoms with Crippen LogP contribution in [0.2, 0.25) is 0 Å². The maximum Gasteiger partial charge on any atom is 0.417 e. The van der Waals surface area contributed by atoms with Gasteiger partial charge in [0.05, 0.1) is 17.0 Å². The first-order chi connectivity index (χ1) is 11.1. The van der Waals surface area contributed by atoms with Gasteiger partial charge in [0.15, 0.2) is 0 Å². The normalized spacial score (nSPS) is 18.0. The molecule has 0 saturated carbocycles. The summed E-state index contributed by atoms with van der Waals surface area (Å²) in [5.41, 5.74) is 1.01. The number of benzene rings is 1. The van der Waals surface area contributed by atoms with Gasteiger partial charge in [-0.15, -0.1) is 11.3 Å². The number of halogens is 3. The molecule has 1 atom stereocenters. The molecule has 0 aliphatic carbocycles. The molecule has 2 N–H and O–H groups in total. The zero-order valence-corrected chi connectivity index (χ0v) is 14.3. The minimum absolute atomic E-state index is 0.00232. The standard InChI is InChI=1S/C15H15F3N2O2S2/c1-9-6-20(7-11-4-10(8-23-11)15(16,17)18)14-5-12(24(19,21)22)2-3-13(9)14/h2-5,8-9H,6-7H2,1H3,(H2,19,21,22). The molecule has 4 nitrogen and oxygen atoms in total. The summed E-state index contributed by atoms with van der Waals surface area (Å²) in [6.45, 7) is 2.90. The third-order valence-electron chi connectivity index (χ3n) is 4.02. The molecule has 2 heterocycles. The molecule has 0 bridgehead atoms. The van der Waals surface area contributed by atoms with E-state index in [9.17, 15) is 21.6 Å². The molecule has 1 aliphatic heterocycles. The predicted molar refractivity (Wildman–Crippen MR) is 86.6 cm³/mol. The Hall–Kier alpha value is -1.58. The first-order valence-corrected chi connectivity index (χ1v) is 9.54. The lowest BCUT2D eigenvalue weighted by Gasteiger charge is -2.19. The number of sulfonamides is 1. The Balaban J connectivity index is 1.91. The number of primary sulfonamides is 1. The molecule has 0 fully saturated rings. The van der Waals surface area contributed by atoms with Crippen molar-refractivity contribution in [3.8, 4) is 0 Å². The van der Waals surface area contributed by atoms with Crippen molar-refractivity contribution >= 4 is 27.0 Å². The van der Waals surface area contributed by atoms with E-state index in [0.29, 0.717) is 23.7 Å². The first-order valence-electron chi connectivity index (χ1n) is 7.12. The van der Waals surface area contributed by atoms with Gasteiger partial charge >= 0.3 is 6.18 Å². The van der Waals surface area contributed by atoms with Crippen LogP contribution in [0.4, 0.5) is 18.9 Å². The molecule has 0 amide bonds. The van der Waals surface area contributed by atoms with Crippen molar-refractivity contribution < 1.29 is 21.6 Å². The molecule has 0 spiro atoms. The molecule has 9 heteroatoms. The van der Waals surface area contributed by atoms with Crippen molar-refractivity contribution in [1.82, 2.24) is 0 Å². The average Bonchev–Trinajstić information content (AvgIpc) is 3.04. The molecule has 0 saturated heterocycles. The number of thiophene rings is 1. The van der Waals surface area contributed by atoms with Crippen molar-refractivity contribution in [3.05, 3.63) is 45.6 Å². The second-order valence-corrected chi connectivity index (χ2v) is 8.40. The number of fused-ring (bicyclic) bond motifs is 1. The number of nitrogens with two attached hydrogens (primary N) is 1. The first kappa shape index (κ1) is 17.2. The highest BCUT2D eigenvalue weighted by atomic mass is 32.2. The Bertz CT molecular complexity index is 875. The smallest absolute Gasteiger partial charge is 0.366 e. The van der Waals surface area contributed by atoms with Crippen LogP contribution in [0.5, 0.6) is 0 Å². The van der Waals surface area contributed by atoms with Crippen LogP contribution in [0.1, 0.15) is 28.8 Å². The van der Waals surface area contributed by atoms with Gasteiger partial charge in [-0.1, -0.05) is 13.0 Å². The number of rotatable bonds is 3. The van der Waals surface area contributed by atoms with Crippen LogP contribution in [-0.2, 0) is 22.7 Å². The lowest BCUT2D eigenvalue weighted by molar-refractivity contribution is -0.137. The fourth-order valence-corrected chi connectivity index (χ4v) is 4.31. The molecule has 0 radical (unpaired) electrons. The summed E-state index contributed by atoms with van der Waals surface area (Å²) in [6.07, 6.45) is -4.36. The second-order valence-electron chi connectivity index (χ2n) is 5.85. The van der Waals surface area contributed by atoms with Crippen LogP contribution in [0.15, 0.2) is 34.5 Å². The summed E-state index contributed by atoms with van der Waals surface area (Å²) in [5.74, 6) is 0.163. The summed E-state index contributed by atoms with van der Waals surface area (Å²) in [5, 5.41) is 6.26. The van der Waals surface area contributed by atoms with Gasteiger partial charge in [0, 0.05) is 28.4 Å². The van der Waals surface area contributed by atoms with Crippen LogP contribution in [0, 0.1) is 0 Å². The Labute approximate surface area is 141 Å². The SMILES string of the molecule is CC1CN(Cc2cc(C(F)(F)F)cs2)c2cc(S(N)(=O)=O)ccc21. The number of anilines is 1. The zero-order chi connectivity index (χ0) is 17.7. The summed E-state index contributed by atoms with van der Waals surface area (Å²) < 4.78 is 61.2. The zero-order valence-electron chi connectivity index (χ0n) is 12.7. The van der Waals surface area contributed by atoms with Crippen molar-refractivity contribution in [3.63, 3.8) is 0 Å². The average molecular weight is 376 g/mol. The second kappa shape index (κ2) is 5.75. The molecule has 3 rings (SSSR count). The Morgan fingerprint density at radius 1 is 1.33 bits per heavy atom. The van der Waals surface area contributed by atoms with Gasteiger partial charge < -0.3 is 4.90 Å². The fraction of sp³-hybridized carbons (Fsp3) is 0.333. The highest BCUT2D eigenvalue weighted by Crippen LogP contribution is 2.39. The van der Waals surface area contributed by atoms with Gasteiger partial charge in [0.2, 0.25) is 10.0 Å². The summed E-state index contributed by atoms with van der Waals surface area (Å²) in [7, 11) is -3.83. The molecular weight excluding hydrogens is 361 g/mol. The lowest BCUT2D eigenvalue weighted by Crippen LogP contribution is -2.20. The highest BCUT2D eigenvalue weighted by Gasteiger charge is 2.32. The van der Waals surface area contributed by atoms with Crippen molar-refractivity contribution in [2.75, 3.05) is 11.4 Å². The Morgan fingerprint density at radius 2 is 2.04 bits per heavy atom. The maximum absolute atomic E-state index is 12.7. The van der Waals surface area contributed by atoms with E-state index in [2.05, 4.69) is 0 Å². The van der Waals surface area contributed by atoms with E-state index < -0.39 is 21.8 Å². The molecule has 24 heavy (non-hydrogen) atoms. The summed E-state index contributed by atoms with van der Waals surface area (Å²) in [4.78, 5) is 2.46. The van der Waals surface area contributed by atoms with Gasteiger partial charge in [0.25, 0.3) is 0 Å². The molecule has 1 aromatic carbocycles. The molecular formula is C15H15F3N2O2S2. The van der Waals surface area contributed by atoms with E-state index in [-0.39, 0.29) is 10.8 Å². The van der Waals surface area contributed by atoms with E-state index >= 15 is 0 Å². The van der Waals surface area contributed by atoms with Crippen LogP contribution in [0.3, 0.4) is 0 Å². The summed E-state index contributed by atoms with van der Waals surface area (Å²) >= 11 is 1.04. The molecule has 1 aliphatic rings. The molecule has 130 valence electrons. The highest BCUT2D eigenvalue weighted by molar-refractivity contribution is 7.89. The van der Waals surface area contributed by atoms with Gasteiger partial charge in [-0.05, 0) is 23.8 Å². The quantitative estimate of drug-likeness (QED) is 0.891. The van der Waals surface area contributed by atoms with Crippen molar-refractivity contribution in [2.24, 2.45) is 5.14 Å². The van der Waals surface area contributed by atoms with Gasteiger partial charge in [-0.3, -0.25) is 0 Å². The van der Waals surface area contributed by atoms with E-state index in [1.54, 1.807) is 6.07 Å². The van der Waals surface area contributed by atoms with Gasteiger partial charge in [-0.25, -0.2) is 13.6 Å². The van der Waals surface area contributed by atoms with Crippen LogP contribution in [-0.4, -0.2) is 15.0 Å². The predicted octanol–water partition coefficient (Wildman–Crippen LogP) is 3.54. The molecule has 2 aromatic rings. The van der Waals surface area contributed by atoms with Crippen LogP contribution < -0.4 is 10.0 Å². The minimum atomic E-state index is -4.36. The topological polar surface area (TPSA) is 63.4 Å². The van der Waals surface area contributed by atoms with Crippen LogP contribution in [0.25, 0.3) is 0 Å². The van der Waals surface area contributed by atoms with Gasteiger partial charge in [0.1, 0.15) is 0 Å². The van der Waals surface area contributed by atoms with Gasteiger partial charge in [-0.2, -0.15) is 13.2 Å². The maximum atomic E-state index is 12.7. The summed E-state index contributed by atoms with van der Waals surface area (Å²) in [6, 6.07) is 5.81. The van der Waals surface area contributed by atoms with Crippen LogP contribution >= 0.6 is 11.3 Å². The number of hydrogen-bond donors (Lipinski definition) is 1. The van der Waals surface area contributed by atoms with E-state index in [1.807, 2.05) is 11.8 Å². The third kappa shape index (κ3) is 3.28. The number of nitrogens with zero attached hydrogens (tertiary/aromatic N) is 1. The number of alkyl halides is 3. The van der Waals surface area contributed by atoms with E-state index in [0.717, 1.165) is 28.3 Å². The Kier molecular flexibility index (Phi) is 4.13. The monoisotopic (exact) mass is 376 g/mol. The third-order valence-corrected chi connectivity index (χ3v) is 5.86. The Morgan fingerprint density at radius 3 is 2.62 bits per heavy atom.